The van der Waals surface area contributed by atoms with Gasteiger partial charge in [0.05, 0.1) is 23.5 Å². The Morgan fingerprint density at radius 2 is 2.10 bits per heavy atom. The van der Waals surface area contributed by atoms with Crippen molar-refractivity contribution in [3.8, 4) is 0 Å². The van der Waals surface area contributed by atoms with Crippen LogP contribution in [0, 0.1) is 5.92 Å². The molecule has 8 nitrogen and oxygen atoms in total. The van der Waals surface area contributed by atoms with Crippen molar-refractivity contribution in [2.24, 2.45) is 5.92 Å². The van der Waals surface area contributed by atoms with Crippen LogP contribution in [-0.2, 0) is 27.2 Å². The van der Waals surface area contributed by atoms with Crippen molar-refractivity contribution in [3.63, 3.8) is 0 Å². The van der Waals surface area contributed by atoms with Crippen molar-refractivity contribution in [1.82, 2.24) is 4.98 Å². The fourth-order valence-electron chi connectivity index (χ4n) is 3.90. The molecule has 2 aromatic rings. The molecule has 1 aliphatic heterocycles. The van der Waals surface area contributed by atoms with Crippen LogP contribution in [0.3, 0.4) is 0 Å². The highest BCUT2D eigenvalue weighted by Crippen LogP contribution is 2.44. The Morgan fingerprint density at radius 3 is 2.81 bits per heavy atom. The Labute approximate surface area is 186 Å². The van der Waals surface area contributed by atoms with Crippen LogP contribution in [0.15, 0.2) is 23.4 Å². The zero-order chi connectivity index (χ0) is 22.3. The molecule has 0 bridgehead atoms. The second-order valence-electron chi connectivity index (χ2n) is 7.56. The third-order valence-electron chi connectivity index (χ3n) is 5.45. The second-order valence-corrected chi connectivity index (χ2v) is 9.84. The van der Waals surface area contributed by atoms with Gasteiger partial charge in [0.1, 0.15) is 10.0 Å². The average molecular weight is 461 g/mol. The maximum absolute atomic E-state index is 13.2. The van der Waals surface area contributed by atoms with Crippen molar-refractivity contribution in [2.75, 3.05) is 12.0 Å². The van der Waals surface area contributed by atoms with Gasteiger partial charge in [0, 0.05) is 17.5 Å². The van der Waals surface area contributed by atoms with Crippen molar-refractivity contribution in [1.29, 1.82) is 0 Å². The van der Waals surface area contributed by atoms with Gasteiger partial charge in [0.25, 0.3) is 0 Å². The van der Waals surface area contributed by atoms with Crippen LogP contribution >= 0.6 is 23.1 Å². The zero-order valence-electron chi connectivity index (χ0n) is 16.9. The number of aromatic nitrogens is 1. The quantitative estimate of drug-likeness (QED) is 0.535. The summed E-state index contributed by atoms with van der Waals surface area (Å²) in [5.41, 5.74) is 1.13. The number of anilines is 1. The number of methoxy groups -OCH3 is 1. The summed E-state index contributed by atoms with van der Waals surface area (Å²) < 4.78 is 4.96. The predicted molar refractivity (Wildman–Crippen MR) is 115 cm³/mol. The number of amides is 2. The highest BCUT2D eigenvalue weighted by atomic mass is 32.2. The number of thioether (sulfide) groups is 1. The lowest BCUT2D eigenvalue weighted by molar-refractivity contribution is -0.121. The molecule has 10 heteroatoms. The molecule has 31 heavy (non-hydrogen) atoms. The minimum absolute atomic E-state index is 0.0259. The number of fused-ring (bicyclic) bond motifs is 1. The van der Waals surface area contributed by atoms with E-state index in [1.807, 2.05) is 0 Å². The summed E-state index contributed by atoms with van der Waals surface area (Å²) in [4.78, 5) is 56.2. The lowest BCUT2D eigenvalue weighted by Crippen LogP contribution is -2.32. The number of rotatable bonds is 5. The standard InChI is InChI=1S/C21H20N2O6S2/c1-10-5-6-11-13(8-10)31-19(16(11)21(28)29-2)23-15(24)9-14(18(23)25)30-17-12(20(26)27)4-3-7-22-17/h3-4,7,10,14H,5-6,8-9H2,1-2H3,(H,26,27)/t10-,14+/m0/s1. The van der Waals surface area contributed by atoms with Crippen molar-refractivity contribution >= 4 is 51.9 Å². The fraction of sp³-hybridized carbons (Fsp3) is 0.381. The number of hydrogen-bond acceptors (Lipinski definition) is 8. The highest BCUT2D eigenvalue weighted by Gasteiger charge is 2.44. The van der Waals surface area contributed by atoms with E-state index in [0.29, 0.717) is 22.9 Å². The van der Waals surface area contributed by atoms with Gasteiger partial charge in [-0.1, -0.05) is 18.7 Å². The molecule has 4 rings (SSSR count). The predicted octanol–water partition coefficient (Wildman–Crippen LogP) is 3.18. The summed E-state index contributed by atoms with van der Waals surface area (Å²) in [5.74, 6) is -2.16. The van der Waals surface area contributed by atoms with Gasteiger partial charge < -0.3 is 9.84 Å². The topological polar surface area (TPSA) is 114 Å². The monoisotopic (exact) mass is 460 g/mol. The van der Waals surface area contributed by atoms with Gasteiger partial charge in [-0.05, 0) is 42.9 Å². The first kappa shape index (κ1) is 21.5. The lowest BCUT2D eigenvalue weighted by atomic mass is 9.88. The molecule has 0 spiro atoms. The number of carboxylic acids is 1. The smallest absolute Gasteiger partial charge is 0.341 e. The van der Waals surface area contributed by atoms with Gasteiger partial charge in [0.15, 0.2) is 0 Å². The molecule has 3 heterocycles. The third-order valence-corrected chi connectivity index (χ3v) is 7.89. The number of aromatic carboxylic acids is 1. The Bertz CT molecular complexity index is 1100. The second kappa shape index (κ2) is 8.43. The summed E-state index contributed by atoms with van der Waals surface area (Å²) in [5, 5.41) is 9.03. The van der Waals surface area contributed by atoms with E-state index in [-0.39, 0.29) is 17.0 Å². The van der Waals surface area contributed by atoms with E-state index >= 15 is 0 Å². The number of imide groups is 1. The molecule has 162 valence electrons. The Balaban J connectivity index is 1.69. The van der Waals surface area contributed by atoms with E-state index in [0.717, 1.165) is 39.9 Å². The first-order chi connectivity index (χ1) is 14.8. The minimum atomic E-state index is -1.16. The summed E-state index contributed by atoms with van der Waals surface area (Å²) in [6.07, 6.45) is 3.75. The van der Waals surface area contributed by atoms with Crippen molar-refractivity contribution in [3.05, 3.63) is 39.9 Å². The van der Waals surface area contributed by atoms with Crippen LogP contribution in [0.4, 0.5) is 5.00 Å². The SMILES string of the molecule is COC(=O)c1c(N2C(=O)C[C@@H](Sc3ncccc3C(=O)O)C2=O)sc2c1CC[C@H](C)C2. The normalized spacial score (nSPS) is 20.6. The molecule has 2 aliphatic rings. The van der Waals surface area contributed by atoms with Gasteiger partial charge in [-0.2, -0.15) is 0 Å². The van der Waals surface area contributed by atoms with Gasteiger partial charge >= 0.3 is 11.9 Å². The largest absolute Gasteiger partial charge is 0.478 e. The molecule has 0 unspecified atom stereocenters. The molecule has 2 atom stereocenters. The van der Waals surface area contributed by atoms with Crippen LogP contribution in [0.5, 0.6) is 0 Å². The van der Waals surface area contributed by atoms with E-state index in [1.165, 1.54) is 36.8 Å². The number of pyridine rings is 1. The van der Waals surface area contributed by atoms with E-state index in [2.05, 4.69) is 11.9 Å². The van der Waals surface area contributed by atoms with Crippen LogP contribution < -0.4 is 4.90 Å². The van der Waals surface area contributed by atoms with E-state index < -0.39 is 29.0 Å². The van der Waals surface area contributed by atoms with Crippen LogP contribution in [-0.4, -0.2) is 46.2 Å². The van der Waals surface area contributed by atoms with Crippen LogP contribution in [0.2, 0.25) is 0 Å². The van der Waals surface area contributed by atoms with Gasteiger partial charge in [-0.25, -0.2) is 19.5 Å². The fourth-order valence-corrected chi connectivity index (χ4v) is 6.52. The van der Waals surface area contributed by atoms with Crippen LogP contribution in [0.1, 0.15) is 50.9 Å². The number of carbonyl (C=O) groups excluding carboxylic acids is 3. The van der Waals surface area contributed by atoms with Gasteiger partial charge in [0.2, 0.25) is 11.8 Å². The maximum Gasteiger partial charge on any atom is 0.341 e. The molecule has 1 N–H and O–H groups in total. The van der Waals surface area contributed by atoms with E-state index in [9.17, 15) is 24.3 Å². The first-order valence-corrected chi connectivity index (χ1v) is 11.5. The van der Waals surface area contributed by atoms with Gasteiger partial charge in [-0.3, -0.25) is 9.59 Å². The number of thiophene rings is 1. The molecule has 1 fully saturated rings. The number of carboxylic acid groups (broad SMARTS) is 1. The summed E-state index contributed by atoms with van der Waals surface area (Å²) >= 11 is 2.25. The number of ether oxygens (including phenoxy) is 1. The minimum Gasteiger partial charge on any atom is -0.478 e. The lowest BCUT2D eigenvalue weighted by Gasteiger charge is -2.18. The maximum atomic E-state index is 13.2. The third kappa shape index (κ3) is 3.85. The number of esters is 1. The molecular weight excluding hydrogens is 440 g/mol. The van der Waals surface area contributed by atoms with Crippen molar-refractivity contribution < 1.29 is 29.0 Å². The molecule has 0 saturated carbocycles. The number of carbonyl (C=O) groups is 4. The Hall–Kier alpha value is -2.72. The molecule has 0 radical (unpaired) electrons. The number of hydrogen-bond donors (Lipinski definition) is 1. The molecule has 2 aromatic heterocycles. The molecule has 0 aromatic carbocycles. The van der Waals surface area contributed by atoms with E-state index in [4.69, 9.17) is 4.74 Å². The number of nitrogens with zero attached hydrogens (tertiary/aromatic N) is 2. The molecule has 1 saturated heterocycles. The molecule has 1 aliphatic carbocycles. The van der Waals surface area contributed by atoms with Crippen LogP contribution in [0.25, 0.3) is 0 Å². The molecule has 2 amide bonds. The van der Waals surface area contributed by atoms with Gasteiger partial charge in [-0.15, -0.1) is 11.3 Å². The highest BCUT2D eigenvalue weighted by molar-refractivity contribution is 8.00. The van der Waals surface area contributed by atoms with Crippen molar-refractivity contribution in [2.45, 2.75) is 42.9 Å². The summed E-state index contributed by atoms with van der Waals surface area (Å²) in [6.45, 7) is 2.13. The Kier molecular flexibility index (Phi) is 5.85. The Morgan fingerprint density at radius 1 is 1.32 bits per heavy atom. The molecular formula is C21H20N2O6S2. The zero-order valence-corrected chi connectivity index (χ0v) is 18.5. The summed E-state index contributed by atoms with van der Waals surface area (Å²) in [6, 6.07) is 2.90. The summed E-state index contributed by atoms with van der Waals surface area (Å²) in [7, 11) is 1.28. The first-order valence-electron chi connectivity index (χ1n) is 9.76. The van der Waals surface area contributed by atoms with E-state index in [1.54, 1.807) is 0 Å². The average Bonchev–Trinajstić information content (AvgIpc) is 3.23.